The molecular weight excluding hydrogens is 221 g/mol. The van der Waals surface area contributed by atoms with Gasteiger partial charge in [0.15, 0.2) is 0 Å². The molecule has 2 saturated carbocycles. The molecule has 5 nitrogen and oxygen atoms in total. The fraction of sp³-hybridized carbons (Fsp3) is 0.818. The number of ether oxygens (including phenoxy) is 2. The van der Waals surface area contributed by atoms with Gasteiger partial charge in [-0.05, 0) is 12.8 Å². The van der Waals surface area contributed by atoms with Gasteiger partial charge in [-0.3, -0.25) is 4.79 Å². The zero-order valence-corrected chi connectivity index (χ0v) is 9.72. The fourth-order valence-electron chi connectivity index (χ4n) is 2.63. The molecule has 1 saturated heterocycles. The molecule has 3 aliphatic rings. The third-order valence-electron chi connectivity index (χ3n) is 3.90. The number of esters is 1. The molecule has 3 fully saturated rings. The Bertz CT molecular complexity index is 388. The average Bonchev–Trinajstić information content (AvgIpc) is 2.99. The van der Waals surface area contributed by atoms with Crippen LogP contribution in [0.3, 0.4) is 0 Å². The number of amides is 1. The van der Waals surface area contributed by atoms with Crippen LogP contribution in [0.25, 0.3) is 0 Å². The van der Waals surface area contributed by atoms with Crippen LogP contribution in [0.4, 0.5) is 0 Å². The van der Waals surface area contributed by atoms with Crippen LogP contribution < -0.4 is 0 Å². The van der Waals surface area contributed by atoms with Crippen LogP contribution in [0, 0.1) is 11.8 Å². The molecule has 2 radical (unpaired) electrons. The Hall–Kier alpha value is -1.04. The van der Waals surface area contributed by atoms with E-state index in [1.807, 2.05) is 0 Å². The normalized spacial score (nSPS) is 41.9. The van der Waals surface area contributed by atoms with Gasteiger partial charge in [0.2, 0.25) is 12.1 Å². The van der Waals surface area contributed by atoms with Crippen molar-refractivity contribution in [2.45, 2.75) is 24.9 Å². The number of hydrogen-bond donors (Lipinski definition) is 0. The second-order valence-electron chi connectivity index (χ2n) is 4.91. The molecule has 0 N–H and O–H groups in total. The molecule has 0 bridgehead atoms. The third-order valence-corrected chi connectivity index (χ3v) is 3.90. The predicted octanol–water partition coefficient (Wildman–Crippen LogP) is -0.289. The van der Waals surface area contributed by atoms with Crippen LogP contribution in [0.2, 0.25) is 5.31 Å². The van der Waals surface area contributed by atoms with Gasteiger partial charge in [-0.25, -0.2) is 4.79 Å². The van der Waals surface area contributed by atoms with E-state index < -0.39 is 12.2 Å². The van der Waals surface area contributed by atoms with Crippen molar-refractivity contribution < 1.29 is 19.1 Å². The topological polar surface area (TPSA) is 55.8 Å². The van der Waals surface area contributed by atoms with Crippen molar-refractivity contribution in [1.82, 2.24) is 4.90 Å². The largest absolute Gasteiger partial charge is 0.463 e. The Balaban J connectivity index is 1.65. The van der Waals surface area contributed by atoms with E-state index in [1.54, 1.807) is 6.92 Å². The lowest BCUT2D eigenvalue weighted by Crippen LogP contribution is -2.44. The van der Waals surface area contributed by atoms with Gasteiger partial charge in [0, 0.05) is 12.5 Å². The van der Waals surface area contributed by atoms with Crippen molar-refractivity contribution in [3.8, 4) is 0 Å². The Morgan fingerprint density at radius 2 is 2.29 bits per heavy atom. The summed E-state index contributed by atoms with van der Waals surface area (Å²) in [5.74, 6) is -0.308. The van der Waals surface area contributed by atoms with E-state index in [9.17, 15) is 9.59 Å². The zero-order chi connectivity index (χ0) is 12.2. The highest BCUT2D eigenvalue weighted by Gasteiger charge is 2.78. The fourth-order valence-corrected chi connectivity index (χ4v) is 2.63. The van der Waals surface area contributed by atoms with Gasteiger partial charge in [0.1, 0.15) is 0 Å². The van der Waals surface area contributed by atoms with Crippen LogP contribution in [-0.2, 0) is 19.1 Å². The summed E-state index contributed by atoms with van der Waals surface area (Å²) in [6.07, 6.45) is 0.0633. The highest BCUT2D eigenvalue weighted by Crippen LogP contribution is 2.84. The Kier molecular flexibility index (Phi) is 2.27. The molecule has 6 heteroatoms. The Morgan fingerprint density at radius 3 is 2.82 bits per heavy atom. The predicted molar refractivity (Wildman–Crippen MR) is 58.1 cm³/mol. The van der Waals surface area contributed by atoms with E-state index in [0.29, 0.717) is 19.1 Å². The first-order chi connectivity index (χ1) is 8.09. The molecule has 3 rings (SSSR count). The molecule has 17 heavy (non-hydrogen) atoms. The van der Waals surface area contributed by atoms with Crippen LogP contribution in [0.15, 0.2) is 0 Å². The first kappa shape index (κ1) is 11.1. The number of nitrogens with zero attached hydrogens (tertiary/aromatic N) is 1. The third kappa shape index (κ3) is 1.50. The minimum Gasteiger partial charge on any atom is -0.463 e. The van der Waals surface area contributed by atoms with Gasteiger partial charge < -0.3 is 14.4 Å². The maximum Gasteiger partial charge on any atom is 0.356 e. The summed E-state index contributed by atoms with van der Waals surface area (Å²) in [6.45, 7) is 2.84. The van der Waals surface area contributed by atoms with Crippen molar-refractivity contribution in [2.24, 2.45) is 11.8 Å². The standard InChI is InChI=1S/C11H14BNO4/c1-2-16-10(15)9-13(3-4-17-9)8(14)7-6-5-11(6,7)12/h6-7,9H,2-5H2,1H3. The minimum atomic E-state index is -0.869. The summed E-state index contributed by atoms with van der Waals surface area (Å²) < 4.78 is 10.1. The molecule has 90 valence electrons. The minimum absolute atomic E-state index is 0.0562. The molecule has 0 spiro atoms. The maximum absolute atomic E-state index is 12.1. The number of carbonyl (C=O) groups is 2. The molecule has 0 aromatic rings. The molecule has 4 atom stereocenters. The number of rotatable bonds is 3. The van der Waals surface area contributed by atoms with Crippen LogP contribution in [0.1, 0.15) is 13.3 Å². The Morgan fingerprint density at radius 1 is 1.59 bits per heavy atom. The number of fused-ring (bicyclic) bond motifs is 1. The van der Waals surface area contributed by atoms with Gasteiger partial charge in [-0.1, -0.05) is 11.7 Å². The maximum atomic E-state index is 12.1. The van der Waals surface area contributed by atoms with E-state index in [-0.39, 0.29) is 23.7 Å². The highest BCUT2D eigenvalue weighted by atomic mass is 16.6. The van der Waals surface area contributed by atoms with Crippen LogP contribution in [0.5, 0.6) is 0 Å². The molecule has 2 aliphatic carbocycles. The first-order valence-corrected chi connectivity index (χ1v) is 5.97. The lowest BCUT2D eigenvalue weighted by Gasteiger charge is -2.23. The molecular formula is C11H14BNO4. The van der Waals surface area contributed by atoms with Crippen molar-refractivity contribution in [2.75, 3.05) is 19.8 Å². The van der Waals surface area contributed by atoms with Crippen LogP contribution >= 0.6 is 0 Å². The van der Waals surface area contributed by atoms with E-state index in [0.717, 1.165) is 6.42 Å². The summed E-state index contributed by atoms with van der Waals surface area (Å²) in [5, 5.41) is -0.265. The second-order valence-corrected chi connectivity index (χ2v) is 4.91. The summed E-state index contributed by atoms with van der Waals surface area (Å²) in [6, 6.07) is 0. The SMILES string of the molecule is [B]C12CC1C2C(=O)N1CCOC1C(=O)OCC. The van der Waals surface area contributed by atoms with Crippen molar-refractivity contribution in [3.05, 3.63) is 0 Å². The summed E-state index contributed by atoms with van der Waals surface area (Å²) in [5.41, 5.74) is 0. The van der Waals surface area contributed by atoms with E-state index in [2.05, 4.69) is 0 Å². The first-order valence-electron chi connectivity index (χ1n) is 5.97. The summed E-state index contributed by atoms with van der Waals surface area (Å²) in [7, 11) is 5.93. The van der Waals surface area contributed by atoms with Crippen molar-refractivity contribution in [3.63, 3.8) is 0 Å². The van der Waals surface area contributed by atoms with Gasteiger partial charge in [0.05, 0.1) is 21.1 Å². The van der Waals surface area contributed by atoms with E-state index in [1.165, 1.54) is 4.90 Å². The second kappa shape index (κ2) is 3.48. The average molecular weight is 235 g/mol. The molecule has 1 amide bonds. The van der Waals surface area contributed by atoms with Crippen LogP contribution in [-0.4, -0.2) is 50.6 Å². The lowest BCUT2D eigenvalue weighted by molar-refractivity contribution is -0.166. The quantitative estimate of drug-likeness (QED) is 0.498. The molecule has 4 unspecified atom stereocenters. The van der Waals surface area contributed by atoms with Gasteiger partial charge in [0.25, 0.3) is 0 Å². The molecule has 0 aromatic carbocycles. The lowest BCUT2D eigenvalue weighted by atomic mass is 9.86. The summed E-state index contributed by atoms with van der Waals surface area (Å²) >= 11 is 0. The number of hydrogen-bond acceptors (Lipinski definition) is 4. The monoisotopic (exact) mass is 235 g/mol. The van der Waals surface area contributed by atoms with Crippen molar-refractivity contribution >= 4 is 19.7 Å². The van der Waals surface area contributed by atoms with Gasteiger partial charge in [-0.15, -0.1) is 0 Å². The van der Waals surface area contributed by atoms with E-state index >= 15 is 0 Å². The molecule has 1 heterocycles. The highest BCUT2D eigenvalue weighted by molar-refractivity contribution is 6.24. The van der Waals surface area contributed by atoms with E-state index in [4.69, 9.17) is 17.3 Å². The Labute approximate surface area is 101 Å². The smallest absolute Gasteiger partial charge is 0.356 e. The van der Waals surface area contributed by atoms with Crippen molar-refractivity contribution in [1.29, 1.82) is 0 Å². The molecule has 0 aromatic heterocycles. The summed E-state index contributed by atoms with van der Waals surface area (Å²) in [4.78, 5) is 25.2. The molecule has 1 aliphatic heterocycles. The van der Waals surface area contributed by atoms with Gasteiger partial charge >= 0.3 is 5.97 Å². The van der Waals surface area contributed by atoms with Gasteiger partial charge in [-0.2, -0.15) is 0 Å². The zero-order valence-electron chi connectivity index (χ0n) is 9.72. The number of carbonyl (C=O) groups excluding carboxylic acids is 2.